The average Bonchev–Trinajstić information content (AvgIpc) is 3.08. The smallest absolute Gasteiger partial charge is 0.0726 e. The van der Waals surface area contributed by atoms with Gasteiger partial charge in [0.15, 0.2) is 0 Å². The van der Waals surface area contributed by atoms with Gasteiger partial charge in [-0.1, -0.05) is 23.7 Å². The number of para-hydroxylation sites is 1. The van der Waals surface area contributed by atoms with E-state index in [4.69, 9.17) is 16.3 Å². The number of benzene rings is 1. The van der Waals surface area contributed by atoms with Gasteiger partial charge in [-0.25, -0.2) is 0 Å². The van der Waals surface area contributed by atoms with Gasteiger partial charge < -0.3 is 14.6 Å². The minimum Gasteiger partial charge on any atom is -0.377 e. The first-order chi connectivity index (χ1) is 9.75. The van der Waals surface area contributed by atoms with Crippen molar-refractivity contribution in [1.82, 2.24) is 9.88 Å². The summed E-state index contributed by atoms with van der Waals surface area (Å²) in [6, 6.07) is 8.57. The van der Waals surface area contributed by atoms with Crippen molar-refractivity contribution >= 4 is 22.5 Å². The van der Waals surface area contributed by atoms with Crippen LogP contribution in [-0.2, 0) is 11.3 Å². The summed E-state index contributed by atoms with van der Waals surface area (Å²) in [5.74, 6) is 0. The topological polar surface area (TPSA) is 26.2 Å². The van der Waals surface area contributed by atoms with Crippen molar-refractivity contribution in [1.29, 1.82) is 0 Å². The van der Waals surface area contributed by atoms with Gasteiger partial charge in [0.2, 0.25) is 0 Å². The third kappa shape index (κ3) is 2.85. The molecule has 108 valence electrons. The average molecular weight is 293 g/mol. The Labute approximate surface area is 124 Å². The second kappa shape index (κ2) is 6.17. The Bertz CT molecular complexity index is 575. The van der Waals surface area contributed by atoms with Crippen molar-refractivity contribution in [2.24, 2.45) is 0 Å². The van der Waals surface area contributed by atoms with E-state index in [1.54, 1.807) is 0 Å². The molecule has 0 spiro atoms. The molecule has 4 heteroatoms. The monoisotopic (exact) mass is 292 g/mol. The van der Waals surface area contributed by atoms with Gasteiger partial charge in [-0.2, -0.15) is 0 Å². The molecule has 1 aliphatic rings. The molecule has 1 aromatic heterocycles. The Morgan fingerprint density at radius 2 is 2.35 bits per heavy atom. The second-order valence-electron chi connectivity index (χ2n) is 5.48. The molecule has 1 aliphatic heterocycles. The lowest BCUT2D eigenvalue weighted by Crippen LogP contribution is -2.38. The van der Waals surface area contributed by atoms with Crippen molar-refractivity contribution < 1.29 is 4.74 Å². The van der Waals surface area contributed by atoms with Crippen molar-refractivity contribution in [3.8, 4) is 0 Å². The number of ether oxygens (including phenoxy) is 1. The van der Waals surface area contributed by atoms with Crippen LogP contribution >= 0.6 is 11.6 Å². The molecule has 1 saturated heterocycles. The molecule has 1 N–H and O–H groups in total. The van der Waals surface area contributed by atoms with Gasteiger partial charge in [-0.15, -0.1) is 0 Å². The predicted octanol–water partition coefficient (Wildman–Crippen LogP) is 3.45. The molecule has 0 saturated carbocycles. The highest BCUT2D eigenvalue weighted by molar-refractivity contribution is 6.35. The van der Waals surface area contributed by atoms with Crippen molar-refractivity contribution in [2.75, 3.05) is 13.2 Å². The summed E-state index contributed by atoms with van der Waals surface area (Å²) >= 11 is 6.29. The van der Waals surface area contributed by atoms with Gasteiger partial charge in [-0.3, -0.25) is 0 Å². The first-order valence-corrected chi connectivity index (χ1v) is 7.72. The molecule has 0 bridgehead atoms. The van der Waals surface area contributed by atoms with E-state index in [1.165, 1.54) is 18.2 Å². The summed E-state index contributed by atoms with van der Waals surface area (Å²) in [6.07, 6.45) is 4.84. The van der Waals surface area contributed by atoms with Crippen LogP contribution < -0.4 is 5.32 Å². The van der Waals surface area contributed by atoms with Gasteiger partial charge in [0.25, 0.3) is 0 Å². The van der Waals surface area contributed by atoms with Gasteiger partial charge in [0.05, 0.1) is 16.6 Å². The lowest BCUT2D eigenvalue weighted by molar-refractivity contribution is 0.0835. The maximum Gasteiger partial charge on any atom is 0.0726 e. The van der Waals surface area contributed by atoms with E-state index in [9.17, 15) is 0 Å². The van der Waals surface area contributed by atoms with Crippen LogP contribution in [0.25, 0.3) is 10.9 Å². The molecule has 1 aromatic carbocycles. The highest BCUT2D eigenvalue weighted by Gasteiger charge is 2.21. The lowest BCUT2D eigenvalue weighted by atomic mass is 10.1. The standard InChI is InChI=1S/C16H21ClN2O/c1-12(15-6-3-11-20-15)18-8-10-19-9-7-13-4-2-5-14(17)16(13)19/h2,4-5,7,9,12,15,18H,3,6,8,10-11H2,1H3. The molecule has 3 nitrogen and oxygen atoms in total. The van der Waals surface area contributed by atoms with E-state index in [1.807, 2.05) is 12.1 Å². The number of nitrogens with zero attached hydrogens (tertiary/aromatic N) is 1. The number of hydrogen-bond acceptors (Lipinski definition) is 2. The fourth-order valence-electron chi connectivity index (χ4n) is 2.94. The molecule has 0 radical (unpaired) electrons. The maximum atomic E-state index is 6.29. The largest absolute Gasteiger partial charge is 0.377 e. The van der Waals surface area contributed by atoms with Gasteiger partial charge in [0.1, 0.15) is 0 Å². The molecular formula is C16H21ClN2O. The summed E-state index contributed by atoms with van der Waals surface area (Å²) in [5.41, 5.74) is 1.13. The SMILES string of the molecule is CC(NCCn1ccc2cccc(Cl)c21)C1CCCO1. The van der Waals surface area contributed by atoms with Crippen LogP contribution in [0.15, 0.2) is 30.5 Å². The van der Waals surface area contributed by atoms with E-state index in [2.05, 4.69) is 35.1 Å². The van der Waals surface area contributed by atoms with Gasteiger partial charge in [-0.05, 0) is 31.9 Å². The Kier molecular flexibility index (Phi) is 4.29. The molecule has 3 rings (SSSR count). The molecular weight excluding hydrogens is 272 g/mol. The maximum absolute atomic E-state index is 6.29. The summed E-state index contributed by atoms with van der Waals surface area (Å²) < 4.78 is 7.92. The van der Waals surface area contributed by atoms with Crippen LogP contribution in [0, 0.1) is 0 Å². The number of nitrogens with one attached hydrogen (secondary N) is 1. The zero-order valence-electron chi connectivity index (χ0n) is 11.8. The van der Waals surface area contributed by atoms with Crippen LogP contribution in [0.2, 0.25) is 5.02 Å². The minimum absolute atomic E-state index is 0.375. The number of hydrogen-bond donors (Lipinski definition) is 1. The molecule has 0 aliphatic carbocycles. The van der Waals surface area contributed by atoms with Crippen LogP contribution in [0.1, 0.15) is 19.8 Å². The Morgan fingerprint density at radius 1 is 1.45 bits per heavy atom. The minimum atomic E-state index is 0.375. The lowest BCUT2D eigenvalue weighted by Gasteiger charge is -2.20. The molecule has 2 atom stereocenters. The summed E-state index contributed by atoms with van der Waals surface area (Å²) in [5, 5.41) is 5.58. The Hall–Kier alpha value is -1.03. The van der Waals surface area contributed by atoms with Crippen LogP contribution in [-0.4, -0.2) is 29.9 Å². The van der Waals surface area contributed by atoms with E-state index < -0.39 is 0 Å². The highest BCUT2D eigenvalue weighted by atomic mass is 35.5. The van der Waals surface area contributed by atoms with Gasteiger partial charge in [0, 0.05) is 37.3 Å². The van der Waals surface area contributed by atoms with Crippen LogP contribution in [0.5, 0.6) is 0 Å². The zero-order valence-corrected chi connectivity index (χ0v) is 12.6. The molecule has 20 heavy (non-hydrogen) atoms. The Balaban J connectivity index is 1.60. The highest BCUT2D eigenvalue weighted by Crippen LogP contribution is 2.24. The quantitative estimate of drug-likeness (QED) is 0.913. The van der Waals surface area contributed by atoms with E-state index in [0.29, 0.717) is 12.1 Å². The fraction of sp³-hybridized carbons (Fsp3) is 0.500. The molecule has 2 unspecified atom stereocenters. The fourth-order valence-corrected chi connectivity index (χ4v) is 3.23. The summed E-state index contributed by atoms with van der Waals surface area (Å²) in [4.78, 5) is 0. The van der Waals surface area contributed by atoms with E-state index in [0.717, 1.165) is 30.2 Å². The first kappa shape index (κ1) is 13.9. The van der Waals surface area contributed by atoms with E-state index in [-0.39, 0.29) is 0 Å². The number of halogens is 1. The number of rotatable bonds is 5. The normalized spacial score (nSPS) is 20.6. The predicted molar refractivity (Wildman–Crippen MR) is 83.4 cm³/mol. The molecule has 0 amide bonds. The zero-order chi connectivity index (χ0) is 13.9. The molecule has 2 heterocycles. The molecule has 1 fully saturated rings. The molecule has 2 aromatic rings. The van der Waals surface area contributed by atoms with Crippen LogP contribution in [0.3, 0.4) is 0 Å². The third-order valence-corrected chi connectivity index (χ3v) is 4.39. The van der Waals surface area contributed by atoms with E-state index >= 15 is 0 Å². The number of aromatic nitrogens is 1. The second-order valence-corrected chi connectivity index (χ2v) is 5.89. The van der Waals surface area contributed by atoms with Crippen LogP contribution in [0.4, 0.5) is 0 Å². The van der Waals surface area contributed by atoms with Crippen molar-refractivity contribution in [3.05, 3.63) is 35.5 Å². The van der Waals surface area contributed by atoms with Crippen molar-refractivity contribution in [2.45, 2.75) is 38.5 Å². The van der Waals surface area contributed by atoms with Gasteiger partial charge >= 0.3 is 0 Å². The Morgan fingerprint density at radius 3 is 3.15 bits per heavy atom. The summed E-state index contributed by atoms with van der Waals surface area (Å²) in [6.45, 7) is 4.96. The third-order valence-electron chi connectivity index (χ3n) is 4.08. The van der Waals surface area contributed by atoms with Crippen molar-refractivity contribution in [3.63, 3.8) is 0 Å². The first-order valence-electron chi connectivity index (χ1n) is 7.34. The summed E-state index contributed by atoms with van der Waals surface area (Å²) in [7, 11) is 0. The number of fused-ring (bicyclic) bond motifs is 1.